The lowest BCUT2D eigenvalue weighted by Gasteiger charge is -2.32. The predicted molar refractivity (Wildman–Crippen MR) is 62.3 cm³/mol. The maximum Gasteiger partial charge on any atom is 0.216 e. The van der Waals surface area contributed by atoms with E-state index in [-0.39, 0.29) is 12.1 Å². The van der Waals surface area contributed by atoms with E-state index in [9.17, 15) is 8.42 Å². The Morgan fingerprint density at radius 1 is 1.33 bits per heavy atom. The van der Waals surface area contributed by atoms with Crippen LogP contribution >= 0.6 is 0 Å². The molecule has 0 aromatic rings. The second kappa shape index (κ2) is 4.39. The third kappa shape index (κ3) is 3.16. The number of hydrogen-bond donors (Lipinski definition) is 2. The minimum Gasteiger partial charge on any atom is -0.313 e. The zero-order chi connectivity index (χ0) is 11.7. The van der Waals surface area contributed by atoms with Crippen LogP contribution in [0.5, 0.6) is 0 Å². The Hall–Kier alpha value is -0.130. The first-order valence-electron chi connectivity index (χ1n) is 5.49. The third-order valence-corrected chi connectivity index (χ3v) is 5.10. The van der Waals surface area contributed by atoms with Gasteiger partial charge >= 0.3 is 0 Å². The number of rotatable bonds is 2. The van der Waals surface area contributed by atoms with Gasteiger partial charge in [0.15, 0.2) is 0 Å². The molecule has 0 aromatic carbocycles. The second-order valence-electron chi connectivity index (χ2n) is 5.23. The summed E-state index contributed by atoms with van der Waals surface area (Å²) in [5, 5.41) is 3.28. The Kier molecular flexibility index (Phi) is 3.79. The molecule has 0 bridgehead atoms. The van der Waals surface area contributed by atoms with Gasteiger partial charge in [0.05, 0.1) is 4.75 Å². The van der Waals surface area contributed by atoms with Gasteiger partial charge < -0.3 is 5.32 Å². The highest BCUT2D eigenvalue weighted by Crippen LogP contribution is 2.17. The van der Waals surface area contributed by atoms with Crippen molar-refractivity contribution in [2.24, 2.45) is 0 Å². The van der Waals surface area contributed by atoms with Gasteiger partial charge in [-0.2, -0.15) is 0 Å². The summed E-state index contributed by atoms with van der Waals surface area (Å²) < 4.78 is 25.9. The van der Waals surface area contributed by atoms with E-state index in [4.69, 9.17) is 0 Å². The summed E-state index contributed by atoms with van der Waals surface area (Å²) in [7, 11) is -3.22. The molecule has 1 fully saturated rings. The van der Waals surface area contributed by atoms with E-state index in [1.807, 2.05) is 6.92 Å². The maximum absolute atomic E-state index is 11.9. The van der Waals surface area contributed by atoms with Crippen molar-refractivity contribution in [3.05, 3.63) is 0 Å². The molecule has 0 aromatic heterocycles. The Morgan fingerprint density at radius 3 is 2.40 bits per heavy atom. The topological polar surface area (TPSA) is 58.2 Å². The summed E-state index contributed by atoms with van der Waals surface area (Å²) >= 11 is 0. The lowest BCUT2D eigenvalue weighted by Crippen LogP contribution is -2.54. The molecule has 2 N–H and O–H groups in total. The molecule has 5 heteroatoms. The minimum atomic E-state index is -3.22. The van der Waals surface area contributed by atoms with Gasteiger partial charge in [-0.1, -0.05) is 0 Å². The third-order valence-electron chi connectivity index (χ3n) is 2.87. The first kappa shape index (κ1) is 12.9. The van der Waals surface area contributed by atoms with Crippen LogP contribution in [0.15, 0.2) is 0 Å². The summed E-state index contributed by atoms with van der Waals surface area (Å²) in [5.41, 5.74) is 0. The molecule has 0 saturated carbocycles. The molecule has 15 heavy (non-hydrogen) atoms. The Labute approximate surface area is 92.9 Å². The molecule has 0 amide bonds. The first-order chi connectivity index (χ1) is 6.74. The molecule has 4 nitrogen and oxygen atoms in total. The van der Waals surface area contributed by atoms with Crippen LogP contribution in [0, 0.1) is 0 Å². The van der Waals surface area contributed by atoms with Crippen molar-refractivity contribution in [2.75, 3.05) is 6.54 Å². The van der Waals surface area contributed by atoms with Crippen LogP contribution in [0.2, 0.25) is 0 Å². The smallest absolute Gasteiger partial charge is 0.216 e. The minimum absolute atomic E-state index is 0.0305. The number of hydrogen-bond acceptors (Lipinski definition) is 3. The van der Waals surface area contributed by atoms with Crippen molar-refractivity contribution in [2.45, 2.75) is 57.4 Å². The number of piperidine rings is 1. The van der Waals surface area contributed by atoms with Crippen molar-refractivity contribution in [3.8, 4) is 0 Å². The number of sulfonamides is 1. The van der Waals surface area contributed by atoms with Crippen LogP contribution in [-0.2, 0) is 10.0 Å². The standard InChI is InChI=1S/C10H22N2O2S/c1-8-9(6-5-7-11-8)12-15(13,14)10(2,3)4/h8-9,11-12H,5-7H2,1-4H3. The molecule has 1 rings (SSSR count). The maximum atomic E-state index is 11.9. The van der Waals surface area contributed by atoms with Gasteiger partial charge in [0, 0.05) is 12.1 Å². The van der Waals surface area contributed by atoms with Crippen molar-refractivity contribution in [1.29, 1.82) is 0 Å². The van der Waals surface area contributed by atoms with Gasteiger partial charge in [-0.15, -0.1) is 0 Å². The quantitative estimate of drug-likeness (QED) is 0.744. The Balaban J connectivity index is 2.69. The lowest BCUT2D eigenvalue weighted by molar-refractivity contribution is 0.346. The highest BCUT2D eigenvalue weighted by Gasteiger charge is 2.33. The van der Waals surface area contributed by atoms with E-state index in [0.717, 1.165) is 19.4 Å². The molecular formula is C10H22N2O2S. The molecule has 1 heterocycles. The molecule has 90 valence electrons. The fourth-order valence-electron chi connectivity index (χ4n) is 1.58. The van der Waals surface area contributed by atoms with E-state index in [1.165, 1.54) is 0 Å². The highest BCUT2D eigenvalue weighted by atomic mass is 32.2. The summed E-state index contributed by atoms with van der Waals surface area (Å²) in [6.07, 6.45) is 1.95. The SMILES string of the molecule is CC1NCCCC1NS(=O)(=O)C(C)(C)C. The first-order valence-corrected chi connectivity index (χ1v) is 6.97. The van der Waals surface area contributed by atoms with Gasteiger partial charge in [0.2, 0.25) is 10.0 Å². The van der Waals surface area contributed by atoms with Crippen LogP contribution in [0.3, 0.4) is 0 Å². The summed E-state index contributed by atoms with van der Waals surface area (Å²) in [6.45, 7) is 8.16. The van der Waals surface area contributed by atoms with Crippen LogP contribution in [0.25, 0.3) is 0 Å². The van der Waals surface area contributed by atoms with Gasteiger partial charge in [-0.3, -0.25) is 0 Å². The average Bonchev–Trinajstić information content (AvgIpc) is 2.06. The molecule has 1 aliphatic heterocycles. The van der Waals surface area contributed by atoms with E-state index >= 15 is 0 Å². The van der Waals surface area contributed by atoms with Crippen molar-refractivity contribution in [1.82, 2.24) is 10.0 Å². The van der Waals surface area contributed by atoms with E-state index in [0.29, 0.717) is 0 Å². The van der Waals surface area contributed by atoms with E-state index in [2.05, 4.69) is 10.0 Å². The Morgan fingerprint density at radius 2 is 1.93 bits per heavy atom. The van der Waals surface area contributed by atoms with E-state index in [1.54, 1.807) is 20.8 Å². The predicted octanol–water partition coefficient (Wildman–Crippen LogP) is 0.845. The number of nitrogens with one attached hydrogen (secondary N) is 2. The molecule has 2 atom stereocenters. The van der Waals surface area contributed by atoms with Crippen LogP contribution in [0.4, 0.5) is 0 Å². The molecular weight excluding hydrogens is 212 g/mol. The van der Waals surface area contributed by atoms with Gasteiger partial charge in [-0.05, 0) is 47.1 Å². The summed E-state index contributed by atoms with van der Waals surface area (Å²) in [6, 6.07) is 0.249. The monoisotopic (exact) mass is 234 g/mol. The van der Waals surface area contributed by atoms with Crippen LogP contribution < -0.4 is 10.0 Å². The summed E-state index contributed by atoms with van der Waals surface area (Å²) in [5.74, 6) is 0. The van der Waals surface area contributed by atoms with Crippen LogP contribution in [0.1, 0.15) is 40.5 Å². The Bertz CT molecular complexity index is 306. The fourth-order valence-corrected chi connectivity index (χ4v) is 2.66. The molecule has 1 saturated heterocycles. The van der Waals surface area contributed by atoms with Gasteiger partial charge in [-0.25, -0.2) is 13.1 Å². The average molecular weight is 234 g/mol. The summed E-state index contributed by atoms with van der Waals surface area (Å²) in [4.78, 5) is 0. The second-order valence-corrected chi connectivity index (χ2v) is 7.69. The van der Waals surface area contributed by atoms with Gasteiger partial charge in [0.25, 0.3) is 0 Å². The van der Waals surface area contributed by atoms with Gasteiger partial charge in [0.1, 0.15) is 0 Å². The van der Waals surface area contributed by atoms with Crippen molar-refractivity contribution >= 4 is 10.0 Å². The molecule has 0 radical (unpaired) electrons. The molecule has 2 unspecified atom stereocenters. The molecule has 0 aliphatic carbocycles. The van der Waals surface area contributed by atoms with E-state index < -0.39 is 14.8 Å². The lowest BCUT2D eigenvalue weighted by atomic mass is 10.0. The molecule has 1 aliphatic rings. The zero-order valence-electron chi connectivity index (χ0n) is 10.0. The fraction of sp³-hybridized carbons (Fsp3) is 1.00. The van der Waals surface area contributed by atoms with Crippen molar-refractivity contribution in [3.63, 3.8) is 0 Å². The van der Waals surface area contributed by atoms with Crippen LogP contribution in [-0.4, -0.2) is 31.8 Å². The zero-order valence-corrected chi connectivity index (χ0v) is 10.8. The normalized spacial score (nSPS) is 29.1. The molecule has 0 spiro atoms. The highest BCUT2D eigenvalue weighted by molar-refractivity contribution is 7.90. The largest absolute Gasteiger partial charge is 0.313 e. The van der Waals surface area contributed by atoms with Crippen molar-refractivity contribution < 1.29 is 8.42 Å².